The summed E-state index contributed by atoms with van der Waals surface area (Å²) < 4.78 is 17.7. The van der Waals surface area contributed by atoms with Gasteiger partial charge in [-0.1, -0.05) is 31.5 Å². The highest BCUT2D eigenvalue weighted by Gasteiger charge is 2.23. The topological polar surface area (TPSA) is 82.1 Å². The van der Waals surface area contributed by atoms with Gasteiger partial charge in [0.05, 0.1) is 25.4 Å². The summed E-state index contributed by atoms with van der Waals surface area (Å²) in [5, 5.41) is 8.89. The molecule has 0 unspecified atom stereocenters. The molecule has 0 radical (unpaired) electrons. The lowest BCUT2D eigenvalue weighted by Gasteiger charge is -2.22. The molecule has 0 saturated carbocycles. The molecular weight excluding hydrogens is 408 g/mol. The number of unbranched alkanes of at least 4 members (excludes halogenated alkanes) is 2. The number of carboxylic acid groups (broad SMARTS) is 1. The highest BCUT2D eigenvalue weighted by atomic mass is 16.5. The maximum absolute atomic E-state index is 12.1. The number of fused-ring (bicyclic) bond motifs is 1. The van der Waals surface area contributed by atoms with Crippen molar-refractivity contribution in [3.63, 3.8) is 0 Å². The zero-order chi connectivity index (χ0) is 22.8. The van der Waals surface area contributed by atoms with Gasteiger partial charge in [-0.25, -0.2) is 0 Å². The largest absolute Gasteiger partial charge is 0.493 e. The van der Waals surface area contributed by atoms with E-state index in [4.69, 9.17) is 19.3 Å². The van der Waals surface area contributed by atoms with E-state index in [0.717, 1.165) is 54.7 Å². The molecule has 2 aromatic carbocycles. The summed E-state index contributed by atoms with van der Waals surface area (Å²) >= 11 is 0. The van der Waals surface area contributed by atoms with Gasteiger partial charge in [0.2, 0.25) is 0 Å². The van der Waals surface area contributed by atoms with E-state index >= 15 is 0 Å². The van der Waals surface area contributed by atoms with Crippen molar-refractivity contribution >= 4 is 11.8 Å². The summed E-state index contributed by atoms with van der Waals surface area (Å²) in [5.74, 6) is 1.61. The third-order valence-electron chi connectivity index (χ3n) is 5.48. The van der Waals surface area contributed by atoms with Gasteiger partial charge >= 0.3 is 5.97 Å². The lowest BCUT2D eigenvalue weighted by molar-refractivity contribution is -0.136. The molecule has 0 aliphatic carbocycles. The Bertz CT molecular complexity index is 921. The van der Waals surface area contributed by atoms with Crippen molar-refractivity contribution in [3.05, 3.63) is 53.1 Å². The molecule has 0 bridgehead atoms. The molecule has 2 aromatic rings. The fraction of sp³-hybridized carbons (Fsp3) is 0.462. The van der Waals surface area contributed by atoms with Gasteiger partial charge in [-0.05, 0) is 55.9 Å². The second-order valence-electron chi connectivity index (χ2n) is 7.95. The van der Waals surface area contributed by atoms with Crippen LogP contribution in [0.4, 0.5) is 0 Å². The molecule has 0 spiro atoms. The third-order valence-corrected chi connectivity index (χ3v) is 5.48. The highest BCUT2D eigenvalue weighted by molar-refractivity contribution is 6.00. The number of ketones is 1. The standard InChI is InChI=1S/C26H32O6/c1-2-8-21-24(13-12-20-22(27)15-18-32-26(20)21)31-17-7-3-6-16-30-23-10-5-4-9-19(23)11-14-25(28)29/h4-5,9-10,12-13H,2-3,6-8,11,14-18H2,1H3,(H,28,29). The molecule has 0 atom stereocenters. The van der Waals surface area contributed by atoms with Crippen molar-refractivity contribution in [3.8, 4) is 17.2 Å². The number of hydrogen-bond acceptors (Lipinski definition) is 5. The van der Waals surface area contributed by atoms with E-state index in [2.05, 4.69) is 6.92 Å². The number of carbonyl (C=O) groups is 2. The average molecular weight is 441 g/mol. The maximum atomic E-state index is 12.1. The Morgan fingerprint density at radius 2 is 1.75 bits per heavy atom. The normalized spacial score (nSPS) is 12.7. The van der Waals surface area contributed by atoms with Crippen LogP contribution in [0.15, 0.2) is 36.4 Å². The van der Waals surface area contributed by atoms with Crippen molar-refractivity contribution < 1.29 is 28.9 Å². The van der Waals surface area contributed by atoms with Crippen LogP contribution in [0.2, 0.25) is 0 Å². The molecule has 0 saturated heterocycles. The van der Waals surface area contributed by atoms with Crippen LogP contribution in [0.1, 0.15) is 66.9 Å². The summed E-state index contributed by atoms with van der Waals surface area (Å²) in [5.41, 5.74) is 2.60. The minimum atomic E-state index is -0.806. The molecule has 1 aliphatic rings. The minimum absolute atomic E-state index is 0.0969. The van der Waals surface area contributed by atoms with E-state index in [1.165, 1.54) is 0 Å². The van der Waals surface area contributed by atoms with Gasteiger partial charge < -0.3 is 19.3 Å². The lowest BCUT2D eigenvalue weighted by atomic mass is 9.98. The van der Waals surface area contributed by atoms with E-state index < -0.39 is 5.97 Å². The number of aryl methyl sites for hydroxylation is 1. The molecule has 0 aromatic heterocycles. The highest BCUT2D eigenvalue weighted by Crippen LogP contribution is 2.36. The number of para-hydroxylation sites is 1. The monoisotopic (exact) mass is 440 g/mol. The Morgan fingerprint density at radius 1 is 1.00 bits per heavy atom. The Kier molecular flexibility index (Phi) is 8.96. The van der Waals surface area contributed by atoms with Gasteiger partial charge in [-0.15, -0.1) is 0 Å². The Labute approximate surface area is 189 Å². The van der Waals surface area contributed by atoms with Crippen LogP contribution in [-0.4, -0.2) is 36.7 Å². The minimum Gasteiger partial charge on any atom is -0.493 e. The number of rotatable bonds is 13. The fourth-order valence-corrected chi connectivity index (χ4v) is 3.83. The second-order valence-corrected chi connectivity index (χ2v) is 7.95. The lowest BCUT2D eigenvalue weighted by Crippen LogP contribution is -2.17. The number of ether oxygens (including phenoxy) is 3. The molecule has 1 aliphatic heterocycles. The van der Waals surface area contributed by atoms with Crippen molar-refractivity contribution in [1.82, 2.24) is 0 Å². The van der Waals surface area contributed by atoms with Gasteiger partial charge in [0, 0.05) is 18.4 Å². The molecule has 3 rings (SSSR count). The van der Waals surface area contributed by atoms with Gasteiger partial charge in [-0.3, -0.25) is 9.59 Å². The zero-order valence-corrected chi connectivity index (χ0v) is 18.7. The Hall–Kier alpha value is -3.02. The molecule has 172 valence electrons. The van der Waals surface area contributed by atoms with E-state index in [-0.39, 0.29) is 12.2 Å². The molecule has 1 heterocycles. The Morgan fingerprint density at radius 3 is 2.50 bits per heavy atom. The molecule has 0 fully saturated rings. The first-order valence-corrected chi connectivity index (χ1v) is 11.5. The summed E-state index contributed by atoms with van der Waals surface area (Å²) in [6.45, 7) is 3.72. The fourth-order valence-electron chi connectivity index (χ4n) is 3.83. The first-order valence-electron chi connectivity index (χ1n) is 11.5. The van der Waals surface area contributed by atoms with Gasteiger partial charge in [-0.2, -0.15) is 0 Å². The van der Waals surface area contributed by atoms with Crippen molar-refractivity contribution in [2.24, 2.45) is 0 Å². The summed E-state index contributed by atoms with van der Waals surface area (Å²) in [6, 6.07) is 11.3. The first-order chi connectivity index (χ1) is 15.6. The van der Waals surface area contributed by atoms with Crippen LogP contribution >= 0.6 is 0 Å². The third kappa shape index (κ3) is 6.49. The van der Waals surface area contributed by atoms with Gasteiger partial charge in [0.25, 0.3) is 0 Å². The second kappa shape index (κ2) is 12.1. The summed E-state index contributed by atoms with van der Waals surface area (Å²) in [4.78, 5) is 23.0. The summed E-state index contributed by atoms with van der Waals surface area (Å²) in [6.07, 6.45) is 5.52. The molecule has 32 heavy (non-hydrogen) atoms. The zero-order valence-electron chi connectivity index (χ0n) is 18.7. The first kappa shape index (κ1) is 23.6. The number of aliphatic carboxylic acids is 1. The van der Waals surface area contributed by atoms with Crippen molar-refractivity contribution in [1.29, 1.82) is 0 Å². The van der Waals surface area contributed by atoms with E-state index in [1.54, 1.807) is 0 Å². The quantitative estimate of drug-likeness (QED) is 0.429. The number of benzene rings is 2. The molecule has 0 amide bonds. The number of carbonyl (C=O) groups excluding carboxylic acids is 1. The van der Waals surface area contributed by atoms with Gasteiger partial charge in [0.1, 0.15) is 17.2 Å². The number of carboxylic acids is 1. The average Bonchev–Trinajstić information content (AvgIpc) is 2.79. The van der Waals surface area contributed by atoms with Crippen LogP contribution in [0.5, 0.6) is 17.2 Å². The smallest absolute Gasteiger partial charge is 0.303 e. The summed E-state index contributed by atoms with van der Waals surface area (Å²) in [7, 11) is 0. The Balaban J connectivity index is 1.43. The van der Waals surface area contributed by atoms with Crippen molar-refractivity contribution in [2.45, 2.75) is 58.3 Å². The van der Waals surface area contributed by atoms with E-state index in [9.17, 15) is 9.59 Å². The molecule has 1 N–H and O–H groups in total. The molecule has 6 nitrogen and oxygen atoms in total. The van der Waals surface area contributed by atoms with E-state index in [1.807, 2.05) is 36.4 Å². The predicted octanol–water partition coefficient (Wildman–Crippen LogP) is 5.25. The number of Topliss-reactive ketones (excluding diaryl/α,β-unsaturated/α-hetero) is 1. The van der Waals surface area contributed by atoms with Crippen LogP contribution in [-0.2, 0) is 17.6 Å². The molecule has 6 heteroatoms. The predicted molar refractivity (Wildman–Crippen MR) is 122 cm³/mol. The van der Waals surface area contributed by atoms with Crippen LogP contribution in [0.3, 0.4) is 0 Å². The number of hydrogen-bond donors (Lipinski definition) is 1. The van der Waals surface area contributed by atoms with Crippen molar-refractivity contribution in [2.75, 3.05) is 19.8 Å². The van der Waals surface area contributed by atoms with Crippen LogP contribution in [0, 0.1) is 0 Å². The van der Waals surface area contributed by atoms with Crippen LogP contribution in [0.25, 0.3) is 0 Å². The van der Waals surface area contributed by atoms with Crippen LogP contribution < -0.4 is 14.2 Å². The van der Waals surface area contributed by atoms with E-state index in [0.29, 0.717) is 44.0 Å². The maximum Gasteiger partial charge on any atom is 0.303 e. The van der Waals surface area contributed by atoms with Gasteiger partial charge in [0.15, 0.2) is 5.78 Å². The molecular formula is C26H32O6. The SMILES string of the molecule is CCCc1c(OCCCCCOc2ccccc2CCC(=O)O)ccc2c1OCCC2=O.